The maximum Gasteiger partial charge on any atom is 0.241 e. The van der Waals surface area contributed by atoms with E-state index >= 15 is 0 Å². The lowest BCUT2D eigenvalue weighted by Gasteiger charge is -2.27. The number of nitrogens with one attached hydrogen (secondary N) is 4. The molecule has 0 atom stereocenters. The van der Waals surface area contributed by atoms with E-state index in [0.717, 1.165) is 73.0 Å². The molecule has 1 fully saturated rings. The SMILES string of the molecule is CC1CCC(Nc2nc(NCCCCCCNS(=O)(=O)c3cccc4c(N(C)C)cccc34)nc(NCc3ccccc3)n2)CC1. The van der Waals surface area contributed by atoms with Gasteiger partial charge in [0.05, 0.1) is 4.90 Å². The molecule has 246 valence electrons. The predicted molar refractivity (Wildman–Crippen MR) is 189 cm³/mol. The van der Waals surface area contributed by atoms with Crippen LogP contribution in [0.5, 0.6) is 0 Å². The van der Waals surface area contributed by atoms with Crippen molar-refractivity contribution in [2.24, 2.45) is 5.92 Å². The van der Waals surface area contributed by atoms with Gasteiger partial charge in [-0.2, -0.15) is 15.0 Å². The van der Waals surface area contributed by atoms with E-state index in [9.17, 15) is 8.42 Å². The molecule has 1 saturated carbocycles. The van der Waals surface area contributed by atoms with E-state index in [-0.39, 0.29) is 0 Å². The highest BCUT2D eigenvalue weighted by molar-refractivity contribution is 7.89. The average Bonchev–Trinajstić information content (AvgIpc) is 3.06. The van der Waals surface area contributed by atoms with E-state index in [4.69, 9.17) is 0 Å². The third-order valence-electron chi connectivity index (χ3n) is 8.59. The van der Waals surface area contributed by atoms with Crippen LogP contribution in [0.15, 0.2) is 71.6 Å². The molecule has 1 heterocycles. The molecule has 4 N–H and O–H groups in total. The minimum atomic E-state index is -3.62. The Balaban J connectivity index is 1.09. The van der Waals surface area contributed by atoms with Gasteiger partial charge < -0.3 is 20.9 Å². The molecule has 1 aliphatic rings. The van der Waals surface area contributed by atoms with Crippen LogP contribution in [0.1, 0.15) is 63.9 Å². The Morgan fingerprint density at radius 1 is 0.717 bits per heavy atom. The highest BCUT2D eigenvalue weighted by Crippen LogP contribution is 2.30. The molecule has 0 bridgehead atoms. The van der Waals surface area contributed by atoms with Gasteiger partial charge in [-0.05, 0) is 62.1 Å². The van der Waals surface area contributed by atoms with Crippen molar-refractivity contribution in [1.29, 1.82) is 0 Å². The fourth-order valence-corrected chi connectivity index (χ4v) is 7.23. The molecule has 10 nitrogen and oxygen atoms in total. The number of rotatable bonds is 16. The van der Waals surface area contributed by atoms with Crippen LogP contribution < -0.4 is 25.6 Å². The van der Waals surface area contributed by atoms with Crippen LogP contribution >= 0.6 is 0 Å². The molecule has 0 saturated heterocycles. The van der Waals surface area contributed by atoms with Gasteiger partial charge in [0.15, 0.2) is 0 Å². The predicted octanol–water partition coefficient (Wildman–Crippen LogP) is 6.64. The Morgan fingerprint density at radius 2 is 1.37 bits per heavy atom. The maximum absolute atomic E-state index is 13.2. The molecule has 3 aromatic carbocycles. The van der Waals surface area contributed by atoms with Crippen molar-refractivity contribution < 1.29 is 8.42 Å². The quantitative estimate of drug-likeness (QED) is 0.0994. The summed E-state index contributed by atoms with van der Waals surface area (Å²) in [6, 6.07) is 21.8. The van der Waals surface area contributed by atoms with Crippen LogP contribution in [0.25, 0.3) is 10.8 Å². The van der Waals surface area contributed by atoms with Gasteiger partial charge in [0.2, 0.25) is 27.9 Å². The molecule has 5 rings (SSSR count). The summed E-state index contributed by atoms with van der Waals surface area (Å²) in [6.45, 7) is 4.07. The number of benzene rings is 3. The van der Waals surface area contributed by atoms with Crippen molar-refractivity contribution in [3.8, 4) is 0 Å². The number of fused-ring (bicyclic) bond motifs is 1. The molecule has 0 unspecified atom stereocenters. The molecule has 46 heavy (non-hydrogen) atoms. The van der Waals surface area contributed by atoms with Crippen LogP contribution in [0.2, 0.25) is 0 Å². The minimum absolute atomic E-state index is 0.319. The maximum atomic E-state index is 13.2. The molecular weight excluding hydrogens is 597 g/mol. The zero-order valence-electron chi connectivity index (χ0n) is 27.3. The van der Waals surface area contributed by atoms with Crippen molar-refractivity contribution in [3.63, 3.8) is 0 Å². The summed E-state index contributed by atoms with van der Waals surface area (Å²) >= 11 is 0. The average molecular weight is 645 g/mol. The second-order valence-electron chi connectivity index (χ2n) is 12.5. The van der Waals surface area contributed by atoms with Gasteiger partial charge in [-0.1, -0.05) is 74.4 Å². The number of hydrogen-bond donors (Lipinski definition) is 4. The summed E-state index contributed by atoms with van der Waals surface area (Å²) in [4.78, 5) is 16.3. The van der Waals surface area contributed by atoms with Crippen molar-refractivity contribution in [1.82, 2.24) is 19.7 Å². The van der Waals surface area contributed by atoms with Crippen LogP contribution in [-0.4, -0.2) is 56.6 Å². The second-order valence-corrected chi connectivity index (χ2v) is 14.2. The van der Waals surface area contributed by atoms with Gasteiger partial charge in [0.25, 0.3) is 0 Å². The zero-order chi connectivity index (χ0) is 32.4. The van der Waals surface area contributed by atoms with E-state index in [0.29, 0.717) is 41.9 Å². The molecule has 1 aliphatic carbocycles. The second kappa shape index (κ2) is 16.0. The first-order chi connectivity index (χ1) is 22.3. The molecule has 1 aromatic heterocycles. The topological polar surface area (TPSA) is 124 Å². The number of sulfonamides is 1. The highest BCUT2D eigenvalue weighted by Gasteiger charge is 2.20. The summed E-state index contributed by atoms with van der Waals surface area (Å²) in [7, 11) is 0.299. The van der Waals surface area contributed by atoms with E-state index in [1.54, 1.807) is 12.1 Å². The Hall–Kier alpha value is -3.96. The number of hydrogen-bond acceptors (Lipinski definition) is 9. The molecule has 0 spiro atoms. The smallest absolute Gasteiger partial charge is 0.241 e. The van der Waals surface area contributed by atoms with Gasteiger partial charge in [-0.25, -0.2) is 13.1 Å². The van der Waals surface area contributed by atoms with Crippen LogP contribution in [0, 0.1) is 5.92 Å². The summed E-state index contributed by atoms with van der Waals surface area (Å²) < 4.78 is 29.2. The van der Waals surface area contributed by atoms with Crippen LogP contribution in [-0.2, 0) is 16.6 Å². The first-order valence-electron chi connectivity index (χ1n) is 16.5. The summed E-state index contributed by atoms with van der Waals surface area (Å²) in [5.41, 5.74) is 2.15. The highest BCUT2D eigenvalue weighted by atomic mass is 32.2. The lowest BCUT2D eigenvalue weighted by atomic mass is 9.87. The summed E-state index contributed by atoms with van der Waals surface area (Å²) in [6.07, 6.45) is 8.24. The lowest BCUT2D eigenvalue weighted by Crippen LogP contribution is -2.26. The van der Waals surface area contributed by atoms with Crippen molar-refractivity contribution in [2.45, 2.75) is 75.8 Å². The standard InChI is InChI=1S/C35H48N8O2S/c1-26-19-21-28(22-20-26)39-35-41-33(40-34(42-35)37-25-27-13-7-6-8-14-27)36-23-9-4-5-10-24-38-46(44,45)32-18-12-15-29-30(32)16-11-17-31(29)43(2)3/h6-8,11-18,26,28,38H,4-5,9-10,19-25H2,1-3H3,(H3,36,37,39,40,41,42). The molecule has 11 heteroatoms. The first kappa shape index (κ1) is 33.4. The van der Waals surface area contributed by atoms with Crippen molar-refractivity contribution >= 4 is 44.3 Å². The van der Waals surface area contributed by atoms with Crippen LogP contribution in [0.4, 0.5) is 23.5 Å². The van der Waals surface area contributed by atoms with Gasteiger partial charge in [0.1, 0.15) is 0 Å². The molecular formula is C35H48N8O2S. The Labute approximate surface area is 273 Å². The van der Waals surface area contributed by atoms with Crippen LogP contribution in [0.3, 0.4) is 0 Å². The minimum Gasteiger partial charge on any atom is -0.377 e. The largest absolute Gasteiger partial charge is 0.377 e. The Bertz CT molecular complexity index is 1660. The van der Waals surface area contributed by atoms with Gasteiger partial charge >= 0.3 is 0 Å². The molecule has 0 radical (unpaired) electrons. The Kier molecular flexibility index (Phi) is 11.7. The fraction of sp³-hybridized carbons (Fsp3) is 0.457. The summed E-state index contributed by atoms with van der Waals surface area (Å²) in [5, 5.41) is 11.9. The van der Waals surface area contributed by atoms with Crippen molar-refractivity contribution in [3.05, 3.63) is 72.3 Å². The van der Waals surface area contributed by atoms with Gasteiger partial charge in [-0.3, -0.25) is 0 Å². The Morgan fingerprint density at radius 3 is 2.11 bits per heavy atom. The molecule has 0 amide bonds. The van der Waals surface area contributed by atoms with E-state index < -0.39 is 10.0 Å². The normalized spacial score (nSPS) is 16.7. The number of anilines is 4. The van der Waals surface area contributed by atoms with E-state index in [2.05, 4.69) is 54.7 Å². The van der Waals surface area contributed by atoms with Gasteiger partial charge in [-0.15, -0.1) is 0 Å². The number of aromatic nitrogens is 3. The summed E-state index contributed by atoms with van der Waals surface area (Å²) in [5.74, 6) is 2.48. The van der Waals surface area contributed by atoms with E-state index in [1.165, 1.54) is 12.8 Å². The first-order valence-corrected chi connectivity index (χ1v) is 18.0. The number of unbranched alkanes of at least 4 members (excludes halogenated alkanes) is 3. The molecule has 4 aromatic rings. The third-order valence-corrected chi connectivity index (χ3v) is 10.1. The number of nitrogens with zero attached hydrogens (tertiary/aromatic N) is 4. The monoisotopic (exact) mass is 644 g/mol. The van der Waals surface area contributed by atoms with Gasteiger partial charge in [0, 0.05) is 56.2 Å². The van der Waals surface area contributed by atoms with Crippen molar-refractivity contribution in [2.75, 3.05) is 48.0 Å². The third kappa shape index (κ3) is 9.29. The molecule has 0 aliphatic heterocycles. The van der Waals surface area contributed by atoms with E-state index in [1.807, 2.05) is 61.5 Å². The fourth-order valence-electron chi connectivity index (χ4n) is 5.94. The zero-order valence-corrected chi connectivity index (χ0v) is 28.1. The lowest BCUT2D eigenvalue weighted by molar-refractivity contribution is 0.360.